The average molecular weight is 261 g/mol. The van der Waals surface area contributed by atoms with Gasteiger partial charge < -0.3 is 30.9 Å². The van der Waals surface area contributed by atoms with E-state index in [0.717, 1.165) is 4.90 Å². The van der Waals surface area contributed by atoms with E-state index in [2.05, 4.69) is 5.32 Å². The van der Waals surface area contributed by atoms with Crippen molar-refractivity contribution in [2.75, 3.05) is 26.4 Å². The van der Waals surface area contributed by atoms with Crippen molar-refractivity contribution in [1.29, 1.82) is 0 Å². The molecule has 1 aliphatic heterocycles. The van der Waals surface area contributed by atoms with Crippen LogP contribution in [0.15, 0.2) is 0 Å². The molecule has 5 N–H and O–H groups in total. The maximum absolute atomic E-state index is 11.8. The number of nitrogens with zero attached hydrogens (tertiary/aromatic N) is 1. The number of carbonyl (C=O) groups excluding carboxylic acids is 2. The Balaban J connectivity index is 2.68. The SMILES string of the molecule is NC(=O)C1COCCN1C(=O)N[C@H](CO)C(=O)O. The van der Waals surface area contributed by atoms with E-state index in [0.29, 0.717) is 0 Å². The van der Waals surface area contributed by atoms with Gasteiger partial charge in [0, 0.05) is 6.54 Å². The number of ether oxygens (including phenoxy) is 1. The summed E-state index contributed by atoms with van der Waals surface area (Å²) in [5.41, 5.74) is 5.11. The number of hydrogen-bond acceptors (Lipinski definition) is 5. The van der Waals surface area contributed by atoms with Crippen LogP contribution in [0.1, 0.15) is 0 Å². The maximum atomic E-state index is 11.8. The number of morpholine rings is 1. The van der Waals surface area contributed by atoms with Gasteiger partial charge in [-0.05, 0) is 0 Å². The highest BCUT2D eigenvalue weighted by Gasteiger charge is 2.33. The average Bonchev–Trinajstić information content (AvgIpc) is 2.35. The highest BCUT2D eigenvalue weighted by atomic mass is 16.5. The normalized spacial score (nSPS) is 21.2. The van der Waals surface area contributed by atoms with Gasteiger partial charge in [-0.15, -0.1) is 0 Å². The Kier molecular flexibility index (Phi) is 4.86. The summed E-state index contributed by atoms with van der Waals surface area (Å²) in [4.78, 5) is 34.6. The summed E-state index contributed by atoms with van der Waals surface area (Å²) in [5.74, 6) is -2.10. The number of nitrogens with one attached hydrogen (secondary N) is 1. The topological polar surface area (TPSA) is 142 Å². The summed E-state index contributed by atoms with van der Waals surface area (Å²) >= 11 is 0. The molecule has 0 aromatic heterocycles. The van der Waals surface area contributed by atoms with Crippen LogP contribution in [0.2, 0.25) is 0 Å². The van der Waals surface area contributed by atoms with Crippen LogP contribution < -0.4 is 11.1 Å². The molecular formula is C9H15N3O6. The van der Waals surface area contributed by atoms with Crippen molar-refractivity contribution in [3.05, 3.63) is 0 Å². The largest absolute Gasteiger partial charge is 0.480 e. The zero-order chi connectivity index (χ0) is 13.7. The Morgan fingerprint density at radius 1 is 1.50 bits per heavy atom. The van der Waals surface area contributed by atoms with Crippen molar-refractivity contribution in [3.63, 3.8) is 0 Å². The molecule has 0 aromatic rings. The molecule has 3 amide bonds. The second kappa shape index (κ2) is 6.17. The molecule has 102 valence electrons. The van der Waals surface area contributed by atoms with Gasteiger partial charge in [-0.2, -0.15) is 0 Å². The molecule has 2 atom stereocenters. The summed E-state index contributed by atoms with van der Waals surface area (Å²) in [6.07, 6.45) is 0. The zero-order valence-electron chi connectivity index (χ0n) is 9.54. The smallest absolute Gasteiger partial charge is 0.328 e. The lowest BCUT2D eigenvalue weighted by Crippen LogP contribution is -2.59. The minimum atomic E-state index is -1.42. The summed E-state index contributed by atoms with van der Waals surface area (Å²) in [5, 5.41) is 19.6. The van der Waals surface area contributed by atoms with E-state index < -0.39 is 36.6 Å². The molecule has 9 heteroatoms. The predicted octanol–water partition coefficient (Wildman–Crippen LogP) is -2.67. The van der Waals surface area contributed by atoms with Gasteiger partial charge in [-0.3, -0.25) is 4.79 Å². The van der Waals surface area contributed by atoms with Crippen LogP contribution in [0.5, 0.6) is 0 Å². The van der Waals surface area contributed by atoms with E-state index in [4.69, 9.17) is 20.7 Å². The molecule has 1 rings (SSSR count). The number of carboxylic acid groups (broad SMARTS) is 1. The lowest BCUT2D eigenvalue weighted by molar-refractivity contribution is -0.140. The third-order valence-corrected chi connectivity index (χ3v) is 2.50. The number of aliphatic hydroxyl groups excluding tert-OH is 1. The fourth-order valence-electron chi connectivity index (χ4n) is 1.50. The van der Waals surface area contributed by atoms with Crippen LogP contribution >= 0.6 is 0 Å². The summed E-state index contributed by atoms with van der Waals surface area (Å²) < 4.78 is 5.01. The fraction of sp³-hybridized carbons (Fsp3) is 0.667. The van der Waals surface area contributed by atoms with Crippen molar-refractivity contribution < 1.29 is 29.3 Å². The summed E-state index contributed by atoms with van der Waals surface area (Å²) in [6.45, 7) is -0.419. The first-order valence-corrected chi connectivity index (χ1v) is 5.25. The number of nitrogens with two attached hydrogens (primary N) is 1. The molecule has 1 heterocycles. The molecule has 0 saturated carbocycles. The van der Waals surface area contributed by atoms with E-state index in [9.17, 15) is 14.4 Å². The van der Waals surface area contributed by atoms with E-state index in [1.54, 1.807) is 0 Å². The molecule has 0 aromatic carbocycles. The lowest BCUT2D eigenvalue weighted by Gasteiger charge is -2.34. The summed E-state index contributed by atoms with van der Waals surface area (Å²) in [7, 11) is 0. The number of carbonyl (C=O) groups is 3. The van der Waals surface area contributed by atoms with E-state index in [-0.39, 0.29) is 19.8 Å². The molecule has 18 heavy (non-hydrogen) atoms. The Labute approximate surface area is 102 Å². The highest BCUT2D eigenvalue weighted by molar-refractivity contribution is 5.88. The van der Waals surface area contributed by atoms with Crippen LogP contribution in [0.3, 0.4) is 0 Å². The zero-order valence-corrected chi connectivity index (χ0v) is 9.54. The monoisotopic (exact) mass is 261 g/mol. The number of amides is 3. The van der Waals surface area contributed by atoms with Crippen LogP contribution in [0.25, 0.3) is 0 Å². The minimum absolute atomic E-state index is 0.0282. The first-order valence-electron chi connectivity index (χ1n) is 5.25. The Bertz CT molecular complexity index is 347. The van der Waals surface area contributed by atoms with Gasteiger partial charge in [-0.1, -0.05) is 0 Å². The van der Waals surface area contributed by atoms with Gasteiger partial charge in [0.25, 0.3) is 0 Å². The molecule has 0 aliphatic carbocycles. The number of aliphatic hydroxyl groups is 1. The van der Waals surface area contributed by atoms with E-state index in [1.165, 1.54) is 0 Å². The predicted molar refractivity (Wildman–Crippen MR) is 57.5 cm³/mol. The third kappa shape index (κ3) is 3.31. The summed E-state index contributed by atoms with van der Waals surface area (Å²) in [6, 6.07) is -3.13. The van der Waals surface area contributed by atoms with E-state index in [1.807, 2.05) is 0 Å². The molecule has 0 spiro atoms. The standard InChI is InChI=1S/C9H15N3O6/c10-7(14)6-4-18-2-1-12(6)9(17)11-5(3-13)8(15)16/h5-6,13H,1-4H2,(H2,10,14)(H,11,17)(H,15,16)/t5-,6?/m1/s1. The highest BCUT2D eigenvalue weighted by Crippen LogP contribution is 2.07. The molecular weight excluding hydrogens is 246 g/mol. The number of primary amides is 1. The number of urea groups is 1. The number of carboxylic acids is 1. The minimum Gasteiger partial charge on any atom is -0.480 e. The number of rotatable bonds is 4. The van der Waals surface area contributed by atoms with Crippen molar-refractivity contribution in [3.8, 4) is 0 Å². The van der Waals surface area contributed by atoms with E-state index >= 15 is 0 Å². The van der Waals surface area contributed by atoms with Gasteiger partial charge in [0.1, 0.15) is 6.04 Å². The van der Waals surface area contributed by atoms with Crippen LogP contribution in [0, 0.1) is 0 Å². The van der Waals surface area contributed by atoms with Gasteiger partial charge in [-0.25, -0.2) is 9.59 Å². The lowest BCUT2D eigenvalue weighted by atomic mass is 10.2. The molecule has 0 radical (unpaired) electrons. The molecule has 1 aliphatic rings. The quantitative estimate of drug-likeness (QED) is 0.434. The van der Waals surface area contributed by atoms with Crippen LogP contribution in [-0.4, -0.2) is 71.5 Å². The van der Waals surface area contributed by atoms with Crippen molar-refractivity contribution in [1.82, 2.24) is 10.2 Å². The number of hydrogen-bond donors (Lipinski definition) is 4. The van der Waals surface area contributed by atoms with Gasteiger partial charge in [0.2, 0.25) is 5.91 Å². The number of aliphatic carboxylic acids is 1. The van der Waals surface area contributed by atoms with Crippen LogP contribution in [0.4, 0.5) is 4.79 Å². The molecule has 1 fully saturated rings. The Morgan fingerprint density at radius 2 is 2.17 bits per heavy atom. The molecule has 1 unspecified atom stereocenters. The molecule has 0 bridgehead atoms. The second-order valence-corrected chi connectivity index (χ2v) is 3.71. The first kappa shape index (κ1) is 14.2. The third-order valence-electron chi connectivity index (χ3n) is 2.50. The van der Waals surface area contributed by atoms with Gasteiger partial charge >= 0.3 is 12.0 Å². The van der Waals surface area contributed by atoms with Gasteiger partial charge in [0.15, 0.2) is 6.04 Å². The Hall–Kier alpha value is -1.87. The van der Waals surface area contributed by atoms with Gasteiger partial charge in [0.05, 0.1) is 19.8 Å². The molecule has 9 nitrogen and oxygen atoms in total. The van der Waals surface area contributed by atoms with Crippen molar-refractivity contribution in [2.24, 2.45) is 5.73 Å². The first-order chi connectivity index (χ1) is 8.47. The second-order valence-electron chi connectivity index (χ2n) is 3.71. The fourth-order valence-corrected chi connectivity index (χ4v) is 1.50. The van der Waals surface area contributed by atoms with Crippen molar-refractivity contribution >= 4 is 17.9 Å². The Morgan fingerprint density at radius 3 is 2.67 bits per heavy atom. The molecule has 1 saturated heterocycles. The van der Waals surface area contributed by atoms with Crippen molar-refractivity contribution in [2.45, 2.75) is 12.1 Å². The van der Waals surface area contributed by atoms with Crippen LogP contribution in [-0.2, 0) is 14.3 Å². The maximum Gasteiger partial charge on any atom is 0.328 e.